The van der Waals surface area contributed by atoms with Gasteiger partial charge in [0.15, 0.2) is 11.5 Å². The largest absolute Gasteiger partial charge is 0.454 e. The van der Waals surface area contributed by atoms with Crippen LogP contribution in [0, 0.1) is 0 Å². The van der Waals surface area contributed by atoms with Gasteiger partial charge in [-0.1, -0.05) is 6.07 Å². The fourth-order valence-corrected chi connectivity index (χ4v) is 3.07. The van der Waals surface area contributed by atoms with Crippen molar-refractivity contribution in [2.24, 2.45) is 0 Å². The predicted octanol–water partition coefficient (Wildman–Crippen LogP) is 3.30. The van der Waals surface area contributed by atoms with Gasteiger partial charge < -0.3 is 14.2 Å². The molecule has 3 aromatic rings. The fourth-order valence-electron chi connectivity index (χ4n) is 3.07. The number of hydrogen-bond donors (Lipinski definition) is 0. The lowest BCUT2D eigenvalue weighted by atomic mass is 10.1. The van der Waals surface area contributed by atoms with Crippen LogP contribution in [0.4, 0.5) is 0 Å². The maximum absolute atomic E-state index is 5.50. The van der Waals surface area contributed by atoms with Crippen LogP contribution in [0.25, 0.3) is 17.1 Å². The van der Waals surface area contributed by atoms with Crippen LogP contribution in [0.3, 0.4) is 0 Å². The molecule has 2 aromatic carbocycles. The zero-order chi connectivity index (χ0) is 15.2. The van der Waals surface area contributed by atoms with Crippen molar-refractivity contribution in [2.45, 2.75) is 13.2 Å². The summed E-state index contributed by atoms with van der Waals surface area (Å²) in [7, 11) is 0. The standard InChI is InChI=1S/C18H14N2O3/c1-3-15(7-14-10-21-9-13(1)14)20-6-5-19-18(20)12-2-4-16-17(8-12)23-11-22-16/h1-8H,9-11H2. The first-order valence-electron chi connectivity index (χ1n) is 7.52. The Morgan fingerprint density at radius 2 is 1.83 bits per heavy atom. The van der Waals surface area contributed by atoms with E-state index in [0.29, 0.717) is 13.2 Å². The normalized spacial score (nSPS) is 15.0. The molecule has 0 atom stereocenters. The lowest BCUT2D eigenvalue weighted by Gasteiger charge is -2.10. The molecule has 0 aliphatic carbocycles. The fraction of sp³-hybridized carbons (Fsp3) is 0.167. The molecule has 0 bridgehead atoms. The van der Waals surface area contributed by atoms with E-state index in [9.17, 15) is 0 Å². The first-order valence-corrected chi connectivity index (χ1v) is 7.52. The van der Waals surface area contributed by atoms with Gasteiger partial charge in [0.25, 0.3) is 0 Å². The Balaban J connectivity index is 1.60. The molecule has 23 heavy (non-hydrogen) atoms. The van der Waals surface area contributed by atoms with Crippen molar-refractivity contribution in [1.82, 2.24) is 9.55 Å². The van der Waals surface area contributed by atoms with Gasteiger partial charge in [-0.15, -0.1) is 0 Å². The number of fused-ring (bicyclic) bond motifs is 2. The molecule has 0 saturated heterocycles. The number of nitrogens with zero attached hydrogens (tertiary/aromatic N) is 2. The molecule has 2 aliphatic heterocycles. The van der Waals surface area contributed by atoms with Gasteiger partial charge in [0.05, 0.1) is 13.2 Å². The van der Waals surface area contributed by atoms with Gasteiger partial charge in [-0.05, 0) is 41.5 Å². The first-order chi connectivity index (χ1) is 11.4. The smallest absolute Gasteiger partial charge is 0.231 e. The van der Waals surface area contributed by atoms with Crippen LogP contribution in [0.1, 0.15) is 11.1 Å². The lowest BCUT2D eigenvalue weighted by molar-refractivity contribution is 0.134. The molecule has 0 amide bonds. The minimum Gasteiger partial charge on any atom is -0.454 e. The maximum Gasteiger partial charge on any atom is 0.231 e. The topological polar surface area (TPSA) is 45.5 Å². The summed E-state index contributed by atoms with van der Waals surface area (Å²) in [5.41, 5.74) is 4.58. The van der Waals surface area contributed by atoms with Crippen LogP contribution in [0.2, 0.25) is 0 Å². The van der Waals surface area contributed by atoms with Crippen molar-refractivity contribution in [3.05, 3.63) is 59.9 Å². The average Bonchev–Trinajstić information content (AvgIpc) is 3.32. The summed E-state index contributed by atoms with van der Waals surface area (Å²) >= 11 is 0. The van der Waals surface area contributed by atoms with Crippen molar-refractivity contribution in [3.63, 3.8) is 0 Å². The van der Waals surface area contributed by atoms with E-state index in [2.05, 4.69) is 27.8 Å². The highest BCUT2D eigenvalue weighted by molar-refractivity contribution is 5.64. The van der Waals surface area contributed by atoms with Crippen molar-refractivity contribution in [3.8, 4) is 28.6 Å². The summed E-state index contributed by atoms with van der Waals surface area (Å²) in [6, 6.07) is 12.3. The molecular weight excluding hydrogens is 292 g/mol. The number of rotatable bonds is 2. The summed E-state index contributed by atoms with van der Waals surface area (Å²) in [5, 5.41) is 0. The highest BCUT2D eigenvalue weighted by Crippen LogP contribution is 2.36. The molecule has 0 fully saturated rings. The van der Waals surface area contributed by atoms with E-state index in [0.717, 1.165) is 28.6 Å². The van der Waals surface area contributed by atoms with Crippen LogP contribution in [0.5, 0.6) is 11.5 Å². The quantitative estimate of drug-likeness (QED) is 0.729. The first kappa shape index (κ1) is 12.7. The van der Waals surface area contributed by atoms with Gasteiger partial charge in [0.2, 0.25) is 6.79 Å². The summed E-state index contributed by atoms with van der Waals surface area (Å²) in [5.74, 6) is 2.42. The Labute approximate surface area is 133 Å². The molecule has 114 valence electrons. The minimum absolute atomic E-state index is 0.276. The zero-order valence-electron chi connectivity index (χ0n) is 12.4. The second kappa shape index (κ2) is 4.86. The molecule has 5 rings (SSSR count). The van der Waals surface area contributed by atoms with E-state index in [-0.39, 0.29) is 6.79 Å². The molecule has 1 aromatic heterocycles. The van der Waals surface area contributed by atoms with E-state index >= 15 is 0 Å². The average molecular weight is 306 g/mol. The summed E-state index contributed by atoms with van der Waals surface area (Å²) in [4.78, 5) is 4.52. The Bertz CT molecular complexity index is 829. The molecule has 2 aliphatic rings. The molecule has 0 unspecified atom stereocenters. The molecule has 0 saturated carbocycles. The van der Waals surface area contributed by atoms with Crippen molar-refractivity contribution >= 4 is 0 Å². The minimum atomic E-state index is 0.276. The monoisotopic (exact) mass is 306 g/mol. The van der Waals surface area contributed by atoms with Gasteiger partial charge in [0.1, 0.15) is 5.82 Å². The zero-order valence-corrected chi connectivity index (χ0v) is 12.4. The summed E-state index contributed by atoms with van der Waals surface area (Å²) in [6.45, 7) is 1.66. The second-order valence-corrected chi connectivity index (χ2v) is 5.63. The lowest BCUT2D eigenvalue weighted by Crippen LogP contribution is -1.98. The number of imidazole rings is 1. The Kier molecular flexibility index (Phi) is 2.69. The number of benzene rings is 2. The molecule has 0 radical (unpaired) electrons. The highest BCUT2D eigenvalue weighted by atomic mass is 16.7. The molecule has 0 N–H and O–H groups in total. The van der Waals surface area contributed by atoms with E-state index in [4.69, 9.17) is 14.2 Å². The van der Waals surface area contributed by atoms with E-state index in [1.165, 1.54) is 11.1 Å². The third kappa shape index (κ3) is 2.01. The number of hydrogen-bond acceptors (Lipinski definition) is 4. The van der Waals surface area contributed by atoms with Gasteiger partial charge in [-0.25, -0.2) is 4.98 Å². The Morgan fingerprint density at radius 3 is 2.83 bits per heavy atom. The predicted molar refractivity (Wildman–Crippen MR) is 83.6 cm³/mol. The summed E-state index contributed by atoms with van der Waals surface area (Å²) < 4.78 is 18.4. The second-order valence-electron chi connectivity index (χ2n) is 5.63. The molecule has 0 spiro atoms. The third-order valence-electron chi connectivity index (χ3n) is 4.25. The Hall–Kier alpha value is -2.79. The van der Waals surface area contributed by atoms with E-state index in [1.54, 1.807) is 0 Å². The van der Waals surface area contributed by atoms with Crippen molar-refractivity contribution in [2.75, 3.05) is 6.79 Å². The van der Waals surface area contributed by atoms with Gasteiger partial charge in [-0.2, -0.15) is 0 Å². The molecular formula is C18H14N2O3. The van der Waals surface area contributed by atoms with Crippen molar-refractivity contribution < 1.29 is 14.2 Å². The number of aromatic nitrogens is 2. The van der Waals surface area contributed by atoms with Crippen LogP contribution in [-0.4, -0.2) is 16.3 Å². The van der Waals surface area contributed by atoms with Crippen LogP contribution in [0.15, 0.2) is 48.8 Å². The maximum atomic E-state index is 5.50. The number of ether oxygens (including phenoxy) is 3. The van der Waals surface area contributed by atoms with Crippen molar-refractivity contribution in [1.29, 1.82) is 0 Å². The molecule has 5 heteroatoms. The highest BCUT2D eigenvalue weighted by Gasteiger charge is 2.17. The van der Waals surface area contributed by atoms with Gasteiger partial charge in [-0.3, -0.25) is 4.57 Å². The third-order valence-corrected chi connectivity index (χ3v) is 4.25. The van der Waals surface area contributed by atoms with Crippen LogP contribution >= 0.6 is 0 Å². The summed E-state index contributed by atoms with van der Waals surface area (Å²) in [6.07, 6.45) is 3.78. The van der Waals surface area contributed by atoms with Gasteiger partial charge in [0, 0.05) is 23.6 Å². The molecule has 3 heterocycles. The molecule has 5 nitrogen and oxygen atoms in total. The van der Waals surface area contributed by atoms with Crippen LogP contribution < -0.4 is 9.47 Å². The van der Waals surface area contributed by atoms with E-state index in [1.807, 2.05) is 30.6 Å². The van der Waals surface area contributed by atoms with Gasteiger partial charge >= 0.3 is 0 Å². The SMILES string of the molecule is c1cn(-c2ccc3c(c2)COC3)c(-c2ccc3c(c2)OCO3)n1. The Morgan fingerprint density at radius 1 is 0.913 bits per heavy atom. The van der Waals surface area contributed by atoms with Crippen LogP contribution in [-0.2, 0) is 18.0 Å². The van der Waals surface area contributed by atoms with E-state index < -0.39 is 0 Å².